The molecule has 98 valence electrons. The van der Waals surface area contributed by atoms with Crippen molar-refractivity contribution in [2.24, 2.45) is 0 Å². The molecule has 0 aliphatic heterocycles. The minimum Gasteiger partial charge on any atom is -0.370 e. The standard InChI is InChI=1S/C15H16N2O2/c1-19-15(9-5-10-15)14(18)13-8-11-16-17(13)12-6-3-2-4-7-12/h2-4,6-8,11H,5,9-10H2,1H3. The maximum atomic E-state index is 12.6. The quantitative estimate of drug-likeness (QED) is 0.790. The smallest absolute Gasteiger partial charge is 0.212 e. The van der Waals surface area contributed by atoms with Crippen LogP contribution in [0.3, 0.4) is 0 Å². The van der Waals surface area contributed by atoms with Gasteiger partial charge in [0.2, 0.25) is 5.78 Å². The maximum absolute atomic E-state index is 12.6. The highest BCUT2D eigenvalue weighted by molar-refractivity contribution is 6.02. The summed E-state index contributed by atoms with van der Waals surface area (Å²) in [5, 5.41) is 4.25. The van der Waals surface area contributed by atoms with Gasteiger partial charge in [-0.25, -0.2) is 4.68 Å². The first kappa shape index (κ1) is 12.1. The Bertz CT molecular complexity index is 580. The van der Waals surface area contributed by atoms with E-state index in [1.165, 1.54) is 0 Å². The number of hydrogen-bond acceptors (Lipinski definition) is 3. The summed E-state index contributed by atoms with van der Waals surface area (Å²) >= 11 is 0. The number of ether oxygens (including phenoxy) is 1. The second-order valence-corrected chi connectivity index (χ2v) is 4.84. The number of hydrogen-bond donors (Lipinski definition) is 0. The van der Waals surface area contributed by atoms with Gasteiger partial charge in [-0.1, -0.05) is 18.2 Å². The average Bonchev–Trinajstić information content (AvgIpc) is 2.88. The normalized spacial score (nSPS) is 16.9. The molecular formula is C15H16N2O2. The monoisotopic (exact) mass is 256 g/mol. The molecule has 4 nitrogen and oxygen atoms in total. The highest BCUT2D eigenvalue weighted by atomic mass is 16.5. The Morgan fingerprint density at radius 2 is 2.00 bits per heavy atom. The Labute approximate surface area is 112 Å². The summed E-state index contributed by atoms with van der Waals surface area (Å²) in [4.78, 5) is 12.6. The van der Waals surface area contributed by atoms with Crippen LogP contribution in [0.1, 0.15) is 29.8 Å². The Morgan fingerprint density at radius 3 is 2.58 bits per heavy atom. The Hall–Kier alpha value is -1.94. The van der Waals surface area contributed by atoms with Crippen LogP contribution in [0.2, 0.25) is 0 Å². The minimum absolute atomic E-state index is 0.0302. The summed E-state index contributed by atoms with van der Waals surface area (Å²) in [5.41, 5.74) is 0.848. The van der Waals surface area contributed by atoms with E-state index in [1.807, 2.05) is 30.3 Å². The number of methoxy groups -OCH3 is 1. The summed E-state index contributed by atoms with van der Waals surface area (Å²) in [6, 6.07) is 11.4. The second-order valence-electron chi connectivity index (χ2n) is 4.84. The Morgan fingerprint density at radius 1 is 1.26 bits per heavy atom. The highest BCUT2D eigenvalue weighted by Gasteiger charge is 2.45. The molecule has 4 heteroatoms. The fourth-order valence-electron chi connectivity index (χ4n) is 2.51. The molecule has 0 atom stereocenters. The maximum Gasteiger partial charge on any atom is 0.212 e. The van der Waals surface area contributed by atoms with Crippen LogP contribution in [0.5, 0.6) is 0 Å². The first-order valence-electron chi connectivity index (χ1n) is 6.46. The first-order valence-corrected chi connectivity index (χ1v) is 6.46. The van der Waals surface area contributed by atoms with Crippen molar-refractivity contribution in [1.29, 1.82) is 0 Å². The summed E-state index contributed by atoms with van der Waals surface area (Å²) in [7, 11) is 1.61. The van der Waals surface area contributed by atoms with Gasteiger partial charge < -0.3 is 4.74 Å². The van der Waals surface area contributed by atoms with Crippen LogP contribution in [0.25, 0.3) is 5.69 Å². The van der Waals surface area contributed by atoms with E-state index in [-0.39, 0.29) is 5.78 Å². The van der Waals surface area contributed by atoms with E-state index in [2.05, 4.69) is 5.10 Å². The van der Waals surface area contributed by atoms with Crippen molar-refractivity contribution in [3.63, 3.8) is 0 Å². The van der Waals surface area contributed by atoms with E-state index in [0.717, 1.165) is 24.9 Å². The van der Waals surface area contributed by atoms with Crippen molar-refractivity contribution in [3.05, 3.63) is 48.3 Å². The third-order valence-corrected chi connectivity index (χ3v) is 3.84. The number of para-hydroxylation sites is 1. The molecule has 0 radical (unpaired) electrons. The van der Waals surface area contributed by atoms with E-state index in [0.29, 0.717) is 5.69 Å². The average molecular weight is 256 g/mol. The van der Waals surface area contributed by atoms with Gasteiger partial charge in [0.05, 0.1) is 11.9 Å². The number of nitrogens with zero attached hydrogens (tertiary/aromatic N) is 2. The number of carbonyl (C=O) groups excluding carboxylic acids is 1. The molecule has 1 aliphatic rings. The van der Waals surface area contributed by atoms with Crippen LogP contribution in [-0.4, -0.2) is 28.3 Å². The SMILES string of the molecule is COC1(C(=O)c2ccnn2-c2ccccc2)CCC1. The molecule has 0 unspecified atom stereocenters. The van der Waals surface area contributed by atoms with E-state index >= 15 is 0 Å². The molecular weight excluding hydrogens is 240 g/mol. The third kappa shape index (κ3) is 1.88. The number of aromatic nitrogens is 2. The van der Waals surface area contributed by atoms with Gasteiger partial charge >= 0.3 is 0 Å². The molecule has 1 aromatic carbocycles. The molecule has 0 spiro atoms. The largest absolute Gasteiger partial charge is 0.370 e. The Balaban J connectivity index is 1.99. The van der Waals surface area contributed by atoms with Gasteiger partial charge in [0.1, 0.15) is 11.3 Å². The molecule has 1 fully saturated rings. The zero-order valence-electron chi connectivity index (χ0n) is 10.9. The molecule has 2 aromatic rings. The third-order valence-electron chi connectivity index (χ3n) is 3.84. The van der Waals surface area contributed by atoms with Crippen molar-refractivity contribution >= 4 is 5.78 Å². The number of benzene rings is 1. The van der Waals surface area contributed by atoms with Gasteiger partial charge in [0.15, 0.2) is 0 Å². The van der Waals surface area contributed by atoms with E-state index in [4.69, 9.17) is 4.74 Å². The minimum atomic E-state index is -0.632. The first-order chi connectivity index (χ1) is 9.27. The lowest BCUT2D eigenvalue weighted by Crippen LogP contribution is -2.47. The van der Waals surface area contributed by atoms with Crippen molar-refractivity contribution in [2.75, 3.05) is 7.11 Å². The zero-order chi connectivity index (χ0) is 13.3. The summed E-state index contributed by atoms with van der Waals surface area (Å²) in [5.74, 6) is 0.0302. The van der Waals surface area contributed by atoms with Gasteiger partial charge in [-0.15, -0.1) is 0 Å². The van der Waals surface area contributed by atoms with Crippen LogP contribution < -0.4 is 0 Å². The number of carbonyl (C=O) groups is 1. The fourth-order valence-corrected chi connectivity index (χ4v) is 2.51. The van der Waals surface area contributed by atoms with Gasteiger partial charge in [-0.2, -0.15) is 5.10 Å². The lowest BCUT2D eigenvalue weighted by Gasteiger charge is -2.38. The van der Waals surface area contributed by atoms with Crippen molar-refractivity contribution in [1.82, 2.24) is 9.78 Å². The van der Waals surface area contributed by atoms with Crippen molar-refractivity contribution < 1.29 is 9.53 Å². The van der Waals surface area contributed by atoms with Crippen LogP contribution in [0, 0.1) is 0 Å². The van der Waals surface area contributed by atoms with E-state index in [9.17, 15) is 4.79 Å². The number of ketones is 1. The van der Waals surface area contributed by atoms with Gasteiger partial charge in [0.25, 0.3) is 0 Å². The van der Waals surface area contributed by atoms with Crippen molar-refractivity contribution in [3.8, 4) is 5.69 Å². The number of Topliss-reactive ketones (excluding diaryl/α,β-unsaturated/α-hetero) is 1. The second kappa shape index (κ2) is 4.63. The summed E-state index contributed by atoms with van der Waals surface area (Å²) < 4.78 is 7.14. The van der Waals surface area contributed by atoms with Gasteiger partial charge in [-0.3, -0.25) is 4.79 Å². The molecule has 3 rings (SSSR count). The van der Waals surface area contributed by atoms with Crippen LogP contribution >= 0.6 is 0 Å². The molecule has 0 N–H and O–H groups in total. The molecule has 0 bridgehead atoms. The lowest BCUT2D eigenvalue weighted by molar-refractivity contribution is -0.0453. The van der Waals surface area contributed by atoms with E-state index < -0.39 is 5.60 Å². The summed E-state index contributed by atoms with van der Waals surface area (Å²) in [6.45, 7) is 0. The number of rotatable bonds is 4. The molecule has 1 saturated carbocycles. The molecule has 1 aliphatic carbocycles. The fraction of sp³-hybridized carbons (Fsp3) is 0.333. The molecule has 0 amide bonds. The van der Waals surface area contributed by atoms with Crippen molar-refractivity contribution in [2.45, 2.75) is 24.9 Å². The van der Waals surface area contributed by atoms with Crippen LogP contribution in [0.15, 0.2) is 42.6 Å². The Kier molecular flexibility index (Phi) is 2.95. The molecule has 19 heavy (non-hydrogen) atoms. The predicted octanol–water partition coefficient (Wildman–Crippen LogP) is 2.62. The van der Waals surface area contributed by atoms with E-state index in [1.54, 1.807) is 24.1 Å². The highest BCUT2D eigenvalue weighted by Crippen LogP contribution is 2.38. The molecule has 1 aromatic heterocycles. The summed E-state index contributed by atoms with van der Waals surface area (Å²) in [6.07, 6.45) is 4.28. The van der Waals surface area contributed by atoms with Gasteiger partial charge in [0, 0.05) is 7.11 Å². The lowest BCUT2D eigenvalue weighted by atomic mass is 9.76. The molecule has 1 heterocycles. The van der Waals surface area contributed by atoms with Gasteiger partial charge in [-0.05, 0) is 37.5 Å². The predicted molar refractivity (Wildman–Crippen MR) is 71.5 cm³/mol. The zero-order valence-corrected chi connectivity index (χ0v) is 10.9. The van der Waals surface area contributed by atoms with Crippen LogP contribution in [0.4, 0.5) is 0 Å². The molecule has 0 saturated heterocycles. The van der Waals surface area contributed by atoms with Crippen LogP contribution in [-0.2, 0) is 4.74 Å². The topological polar surface area (TPSA) is 44.1 Å².